The number of methoxy groups -OCH3 is 1. The normalized spacial score (nSPS) is 11.6. The summed E-state index contributed by atoms with van der Waals surface area (Å²) in [6.07, 6.45) is 0.767. The highest BCUT2D eigenvalue weighted by Crippen LogP contribution is 2.30. The molecule has 1 aromatic heterocycles. The third-order valence-corrected chi connectivity index (χ3v) is 5.37. The van der Waals surface area contributed by atoms with E-state index in [2.05, 4.69) is 10.3 Å². The number of hydrogen-bond donors (Lipinski definition) is 2. The smallest absolute Gasteiger partial charge is 0.196 e. The summed E-state index contributed by atoms with van der Waals surface area (Å²) in [4.78, 5) is 30.2. The van der Waals surface area contributed by atoms with E-state index < -0.39 is 0 Å². The quantitative estimate of drug-likeness (QED) is 0.260. The molecule has 0 saturated heterocycles. The fourth-order valence-corrected chi connectivity index (χ4v) is 3.97. The SMILES string of the molecule is COCCCNc1cc2oc3ccccc3[nH]c2c2c(=O)c3ccccc3c(=O)c12. The number of H-pyrrole nitrogens is 1. The van der Waals surface area contributed by atoms with Crippen molar-refractivity contribution >= 4 is 49.4 Å². The highest BCUT2D eigenvalue weighted by molar-refractivity contribution is 6.14. The predicted molar refractivity (Wildman–Crippen MR) is 121 cm³/mol. The second-order valence-electron chi connectivity index (χ2n) is 7.25. The predicted octanol–water partition coefficient (Wildman–Crippen LogP) is 4.39. The second kappa shape index (κ2) is 7.31. The minimum atomic E-state index is -0.188. The first kappa shape index (κ1) is 18.4. The minimum absolute atomic E-state index is 0.169. The van der Waals surface area contributed by atoms with Crippen LogP contribution < -0.4 is 16.2 Å². The number of benzene rings is 4. The van der Waals surface area contributed by atoms with Crippen molar-refractivity contribution in [1.29, 1.82) is 0 Å². The second-order valence-corrected chi connectivity index (χ2v) is 7.25. The number of nitrogens with one attached hydrogen (secondary N) is 2. The van der Waals surface area contributed by atoms with Gasteiger partial charge < -0.3 is 19.5 Å². The van der Waals surface area contributed by atoms with Gasteiger partial charge in [-0.25, -0.2) is 0 Å². The van der Waals surface area contributed by atoms with Crippen molar-refractivity contribution in [2.24, 2.45) is 0 Å². The van der Waals surface area contributed by atoms with Gasteiger partial charge >= 0.3 is 0 Å². The standard InChI is InChI=1S/C24H20N2O4/c1-29-12-6-11-25-17-13-19-22(26-16-9-4-5-10-18(16)30-19)21-20(17)23(27)14-7-2-3-8-15(14)24(21)28/h2-5,7-10,13,25-26H,6,11-12H2,1H3. The van der Waals surface area contributed by atoms with Gasteiger partial charge in [-0.05, 0) is 18.6 Å². The molecule has 6 heteroatoms. The molecule has 0 fully saturated rings. The van der Waals surface area contributed by atoms with E-state index >= 15 is 0 Å². The summed E-state index contributed by atoms with van der Waals surface area (Å²) in [5.74, 6) is 0. The first-order chi connectivity index (χ1) is 14.7. The van der Waals surface area contributed by atoms with Crippen LogP contribution in [0.3, 0.4) is 0 Å². The average Bonchev–Trinajstić information content (AvgIpc) is 2.78. The average molecular weight is 400 g/mol. The molecule has 0 radical (unpaired) electrons. The van der Waals surface area contributed by atoms with E-state index in [1.54, 1.807) is 37.4 Å². The minimum Gasteiger partial charge on any atom is -0.453 e. The highest BCUT2D eigenvalue weighted by Gasteiger charge is 2.18. The number of fused-ring (bicyclic) bond motifs is 5. The fraction of sp³-hybridized carbons (Fsp3) is 0.167. The van der Waals surface area contributed by atoms with Crippen LogP contribution in [0.1, 0.15) is 6.42 Å². The molecule has 5 aromatic rings. The Hall–Kier alpha value is -3.64. The number of aromatic amines is 1. The topological polar surface area (TPSA) is 84.3 Å². The maximum atomic E-state index is 13.5. The molecule has 0 aliphatic rings. The molecule has 6 nitrogen and oxygen atoms in total. The summed E-state index contributed by atoms with van der Waals surface area (Å²) in [5, 5.41) is 4.86. The molecule has 30 heavy (non-hydrogen) atoms. The van der Waals surface area contributed by atoms with Crippen LogP contribution in [-0.2, 0) is 4.74 Å². The number of aromatic nitrogens is 1. The fourth-order valence-electron chi connectivity index (χ4n) is 3.97. The van der Waals surface area contributed by atoms with E-state index in [1.807, 2.05) is 24.3 Å². The third kappa shape index (κ3) is 2.84. The lowest BCUT2D eigenvalue weighted by Gasteiger charge is -2.13. The van der Waals surface area contributed by atoms with E-state index in [4.69, 9.17) is 9.15 Å². The lowest BCUT2D eigenvalue weighted by Crippen LogP contribution is -2.16. The summed E-state index contributed by atoms with van der Waals surface area (Å²) in [7, 11) is 1.65. The van der Waals surface area contributed by atoms with Crippen LogP contribution in [0.2, 0.25) is 0 Å². The van der Waals surface area contributed by atoms with Gasteiger partial charge in [-0.2, -0.15) is 0 Å². The number of ether oxygens (including phenoxy) is 1. The van der Waals surface area contributed by atoms with E-state index in [-0.39, 0.29) is 10.9 Å². The molecule has 0 aliphatic heterocycles. The van der Waals surface area contributed by atoms with E-state index in [0.29, 0.717) is 57.1 Å². The zero-order valence-electron chi connectivity index (χ0n) is 16.5. The van der Waals surface area contributed by atoms with Gasteiger partial charge in [0.1, 0.15) is 0 Å². The van der Waals surface area contributed by atoms with Gasteiger partial charge in [0.25, 0.3) is 0 Å². The van der Waals surface area contributed by atoms with E-state index in [0.717, 1.165) is 11.9 Å². The van der Waals surface area contributed by atoms with Gasteiger partial charge in [0.2, 0.25) is 0 Å². The molecule has 0 spiro atoms. The molecular formula is C24H20N2O4. The summed E-state index contributed by atoms with van der Waals surface area (Å²) >= 11 is 0. The van der Waals surface area contributed by atoms with Crippen LogP contribution in [0.25, 0.3) is 43.7 Å². The van der Waals surface area contributed by atoms with Gasteiger partial charge in [0.05, 0.1) is 21.8 Å². The van der Waals surface area contributed by atoms with Crippen LogP contribution in [-0.4, -0.2) is 25.2 Å². The molecule has 0 saturated carbocycles. The maximum Gasteiger partial charge on any atom is 0.196 e. The van der Waals surface area contributed by atoms with Gasteiger partial charge in [-0.15, -0.1) is 0 Å². The molecule has 2 N–H and O–H groups in total. The molecule has 0 unspecified atom stereocenters. The van der Waals surface area contributed by atoms with Crippen LogP contribution in [0.15, 0.2) is 68.6 Å². The number of hydrogen-bond acceptors (Lipinski definition) is 5. The summed E-state index contributed by atoms with van der Waals surface area (Å²) in [6, 6.07) is 16.3. The Labute approximate surface area is 171 Å². The Morgan fingerprint density at radius 3 is 2.40 bits per heavy atom. The third-order valence-electron chi connectivity index (χ3n) is 5.37. The van der Waals surface area contributed by atoms with Gasteiger partial charge in [-0.1, -0.05) is 36.4 Å². The summed E-state index contributed by atoms with van der Waals surface area (Å²) in [5.41, 5.74) is 2.71. The van der Waals surface area contributed by atoms with Crippen LogP contribution in [0.4, 0.5) is 5.69 Å². The molecule has 150 valence electrons. The lowest BCUT2D eigenvalue weighted by molar-refractivity contribution is 0.198. The number of para-hydroxylation sites is 2. The molecule has 0 bridgehead atoms. The molecule has 4 aromatic carbocycles. The first-order valence-corrected chi connectivity index (χ1v) is 9.85. The largest absolute Gasteiger partial charge is 0.453 e. The summed E-state index contributed by atoms with van der Waals surface area (Å²) in [6.45, 7) is 1.20. The zero-order chi connectivity index (χ0) is 20.7. The van der Waals surface area contributed by atoms with Crippen molar-refractivity contribution in [3.63, 3.8) is 0 Å². The summed E-state index contributed by atoms with van der Waals surface area (Å²) < 4.78 is 11.2. The van der Waals surface area contributed by atoms with Crippen LogP contribution >= 0.6 is 0 Å². The van der Waals surface area contributed by atoms with Crippen molar-refractivity contribution in [2.75, 3.05) is 25.6 Å². The number of rotatable bonds is 5. The zero-order valence-corrected chi connectivity index (χ0v) is 16.5. The molecular weight excluding hydrogens is 380 g/mol. The lowest BCUT2D eigenvalue weighted by atomic mass is 9.99. The van der Waals surface area contributed by atoms with Crippen molar-refractivity contribution < 1.29 is 9.15 Å². The molecule has 0 aliphatic carbocycles. The van der Waals surface area contributed by atoms with Gasteiger partial charge in [0, 0.05) is 42.8 Å². The Kier molecular flexibility index (Phi) is 4.48. The van der Waals surface area contributed by atoms with Crippen molar-refractivity contribution in [3.05, 3.63) is 75.0 Å². The van der Waals surface area contributed by atoms with Crippen LogP contribution in [0, 0.1) is 0 Å². The molecule has 1 heterocycles. The Bertz CT molecular complexity index is 1530. The van der Waals surface area contributed by atoms with Gasteiger partial charge in [0.15, 0.2) is 22.0 Å². The first-order valence-electron chi connectivity index (χ1n) is 9.85. The Morgan fingerprint density at radius 1 is 0.933 bits per heavy atom. The monoisotopic (exact) mass is 400 g/mol. The Balaban J connectivity index is 1.92. The molecule has 0 atom stereocenters. The Morgan fingerprint density at radius 2 is 1.63 bits per heavy atom. The number of anilines is 1. The van der Waals surface area contributed by atoms with Crippen molar-refractivity contribution in [1.82, 2.24) is 4.98 Å². The maximum absolute atomic E-state index is 13.5. The van der Waals surface area contributed by atoms with Crippen LogP contribution in [0.5, 0.6) is 0 Å². The highest BCUT2D eigenvalue weighted by atomic mass is 16.5. The van der Waals surface area contributed by atoms with Gasteiger partial charge in [-0.3, -0.25) is 9.59 Å². The van der Waals surface area contributed by atoms with Crippen molar-refractivity contribution in [2.45, 2.75) is 6.42 Å². The molecule has 5 rings (SSSR count). The van der Waals surface area contributed by atoms with E-state index in [9.17, 15) is 9.59 Å². The van der Waals surface area contributed by atoms with E-state index in [1.165, 1.54) is 0 Å². The van der Waals surface area contributed by atoms with Crippen molar-refractivity contribution in [3.8, 4) is 0 Å². The molecule has 0 amide bonds.